The van der Waals surface area contributed by atoms with Crippen LogP contribution in [-0.4, -0.2) is 10.7 Å². The molecule has 0 amide bonds. The molecule has 0 aliphatic carbocycles. The Morgan fingerprint density at radius 1 is 1.10 bits per heavy atom. The SMILES string of the molecule is CC1=CC(C)(C)NC(=S)N1c1c(F)c(F)cc(F)c1F. The van der Waals surface area contributed by atoms with E-state index in [1.54, 1.807) is 26.8 Å². The van der Waals surface area contributed by atoms with E-state index in [1.807, 2.05) is 0 Å². The fourth-order valence-corrected chi connectivity index (χ4v) is 2.65. The number of allylic oxidation sites excluding steroid dienone is 1. The van der Waals surface area contributed by atoms with Crippen molar-refractivity contribution in [2.45, 2.75) is 26.3 Å². The number of nitrogens with zero attached hydrogens (tertiary/aromatic N) is 1. The van der Waals surface area contributed by atoms with Crippen LogP contribution in [-0.2, 0) is 0 Å². The standard InChI is InChI=1S/C13H12F4N2S/c1-6-5-13(2,3)18-12(20)19(6)11-9(16)7(14)4-8(15)10(11)17/h4-5H,1-3H3,(H,18,20). The summed E-state index contributed by atoms with van der Waals surface area (Å²) < 4.78 is 54.2. The highest BCUT2D eigenvalue weighted by Gasteiger charge is 2.33. The quantitative estimate of drug-likeness (QED) is 0.485. The lowest BCUT2D eigenvalue weighted by molar-refractivity contribution is 0.455. The molecule has 2 nitrogen and oxygen atoms in total. The molecule has 1 aliphatic heterocycles. The number of nitrogens with one attached hydrogen (secondary N) is 1. The van der Waals surface area contributed by atoms with Crippen molar-refractivity contribution in [1.82, 2.24) is 5.32 Å². The van der Waals surface area contributed by atoms with E-state index in [-0.39, 0.29) is 11.2 Å². The molecule has 1 N–H and O–H groups in total. The van der Waals surface area contributed by atoms with Crippen molar-refractivity contribution in [3.05, 3.63) is 41.1 Å². The molecule has 7 heteroatoms. The first-order valence-corrected chi connectivity index (χ1v) is 6.19. The average Bonchev–Trinajstić information content (AvgIpc) is 2.28. The Hall–Kier alpha value is -1.63. The largest absolute Gasteiger partial charge is 0.354 e. The van der Waals surface area contributed by atoms with Crippen molar-refractivity contribution < 1.29 is 17.6 Å². The van der Waals surface area contributed by atoms with Gasteiger partial charge in [-0.15, -0.1) is 0 Å². The summed E-state index contributed by atoms with van der Waals surface area (Å²) >= 11 is 5.04. The number of halogens is 4. The molecule has 0 spiro atoms. The molecule has 1 aromatic rings. The van der Waals surface area contributed by atoms with Crippen LogP contribution < -0.4 is 10.2 Å². The van der Waals surface area contributed by atoms with Gasteiger partial charge in [0, 0.05) is 11.8 Å². The Bertz CT molecular complexity index is 599. The first-order valence-electron chi connectivity index (χ1n) is 5.79. The summed E-state index contributed by atoms with van der Waals surface area (Å²) in [6.45, 7) is 5.16. The van der Waals surface area contributed by atoms with E-state index < -0.39 is 34.5 Å². The molecule has 0 saturated carbocycles. The second kappa shape index (κ2) is 4.73. The first kappa shape index (κ1) is 14.8. The van der Waals surface area contributed by atoms with E-state index in [4.69, 9.17) is 12.2 Å². The molecule has 108 valence electrons. The zero-order chi connectivity index (χ0) is 15.2. The fraction of sp³-hybridized carbons (Fsp3) is 0.308. The smallest absolute Gasteiger partial charge is 0.186 e. The maximum absolute atomic E-state index is 13.8. The first-order chi connectivity index (χ1) is 9.14. The molecule has 0 atom stereocenters. The molecule has 0 aromatic heterocycles. The van der Waals surface area contributed by atoms with Crippen molar-refractivity contribution in [2.75, 3.05) is 4.90 Å². The van der Waals surface area contributed by atoms with Gasteiger partial charge in [0.15, 0.2) is 28.4 Å². The Kier molecular flexibility index (Phi) is 3.49. The Labute approximate surface area is 119 Å². The molecule has 1 aliphatic rings. The Balaban J connectivity index is 2.66. The van der Waals surface area contributed by atoms with Crippen LogP contribution in [0.15, 0.2) is 17.8 Å². The Morgan fingerprint density at radius 2 is 1.60 bits per heavy atom. The van der Waals surface area contributed by atoms with Gasteiger partial charge in [-0.1, -0.05) is 0 Å². The number of anilines is 1. The van der Waals surface area contributed by atoms with Gasteiger partial charge >= 0.3 is 0 Å². The molecule has 1 aromatic carbocycles. The summed E-state index contributed by atoms with van der Waals surface area (Å²) in [6.07, 6.45) is 1.66. The van der Waals surface area contributed by atoms with Gasteiger partial charge in [0.2, 0.25) is 0 Å². The highest BCUT2D eigenvalue weighted by molar-refractivity contribution is 7.80. The fourth-order valence-electron chi connectivity index (χ4n) is 2.15. The van der Waals surface area contributed by atoms with E-state index in [1.165, 1.54) is 0 Å². The molecule has 2 rings (SSSR count). The minimum Gasteiger partial charge on any atom is -0.354 e. The van der Waals surface area contributed by atoms with Crippen molar-refractivity contribution in [1.29, 1.82) is 0 Å². The highest BCUT2D eigenvalue weighted by atomic mass is 32.1. The third kappa shape index (κ3) is 2.37. The summed E-state index contributed by atoms with van der Waals surface area (Å²) in [7, 11) is 0. The predicted octanol–water partition coefficient (Wildman–Crippen LogP) is 3.62. The van der Waals surface area contributed by atoms with E-state index in [0.717, 1.165) is 4.90 Å². The van der Waals surface area contributed by atoms with E-state index in [9.17, 15) is 17.6 Å². The molecule has 1 heterocycles. The van der Waals surface area contributed by atoms with Crippen molar-refractivity contribution >= 4 is 23.0 Å². The van der Waals surface area contributed by atoms with Crippen LogP contribution in [0.1, 0.15) is 20.8 Å². The van der Waals surface area contributed by atoms with Gasteiger partial charge in [0.25, 0.3) is 0 Å². The lowest BCUT2D eigenvalue weighted by Gasteiger charge is -2.38. The number of hydrogen-bond donors (Lipinski definition) is 1. The second-order valence-corrected chi connectivity index (χ2v) is 5.48. The second-order valence-electron chi connectivity index (χ2n) is 5.09. The van der Waals surface area contributed by atoms with Crippen molar-refractivity contribution in [2.24, 2.45) is 0 Å². The highest BCUT2D eigenvalue weighted by Crippen LogP contribution is 2.33. The number of benzene rings is 1. The third-order valence-electron chi connectivity index (χ3n) is 2.87. The van der Waals surface area contributed by atoms with E-state index in [2.05, 4.69) is 5.32 Å². The van der Waals surface area contributed by atoms with Crippen molar-refractivity contribution in [3.63, 3.8) is 0 Å². The number of thiocarbonyl (C=S) groups is 1. The summed E-state index contributed by atoms with van der Waals surface area (Å²) in [4.78, 5) is 0.942. The molecule has 0 bridgehead atoms. The van der Waals surface area contributed by atoms with Gasteiger partial charge in [-0.25, -0.2) is 17.6 Å². The van der Waals surface area contributed by atoms with Gasteiger partial charge in [-0.05, 0) is 39.1 Å². The van der Waals surface area contributed by atoms with E-state index >= 15 is 0 Å². The maximum Gasteiger partial charge on any atom is 0.186 e. The van der Waals surface area contributed by atoms with Crippen LogP contribution in [0.3, 0.4) is 0 Å². The molecule has 20 heavy (non-hydrogen) atoms. The van der Waals surface area contributed by atoms with Gasteiger partial charge < -0.3 is 5.32 Å². The van der Waals surface area contributed by atoms with Crippen LogP contribution in [0, 0.1) is 23.3 Å². The minimum atomic E-state index is -1.49. The topological polar surface area (TPSA) is 15.3 Å². The molecule has 0 unspecified atom stereocenters. The zero-order valence-corrected chi connectivity index (χ0v) is 11.8. The summed E-state index contributed by atoms with van der Waals surface area (Å²) in [6, 6.07) is 0.164. The third-order valence-corrected chi connectivity index (χ3v) is 3.15. The summed E-state index contributed by atoms with van der Waals surface area (Å²) in [5.74, 6) is -5.92. The lowest BCUT2D eigenvalue weighted by Crippen LogP contribution is -2.53. The van der Waals surface area contributed by atoms with Crippen LogP contribution in [0.25, 0.3) is 0 Å². The van der Waals surface area contributed by atoms with Crippen LogP contribution in [0.5, 0.6) is 0 Å². The van der Waals surface area contributed by atoms with Crippen LogP contribution >= 0.6 is 12.2 Å². The van der Waals surface area contributed by atoms with Gasteiger partial charge in [0.1, 0.15) is 5.69 Å². The summed E-state index contributed by atoms with van der Waals surface area (Å²) in [5, 5.41) is 2.80. The average molecular weight is 304 g/mol. The Morgan fingerprint density at radius 3 is 2.05 bits per heavy atom. The van der Waals surface area contributed by atoms with Gasteiger partial charge in [0.05, 0.1) is 5.54 Å². The molecule has 0 radical (unpaired) electrons. The van der Waals surface area contributed by atoms with Gasteiger partial charge in [-0.3, -0.25) is 4.90 Å². The van der Waals surface area contributed by atoms with E-state index in [0.29, 0.717) is 5.70 Å². The normalized spacial score (nSPS) is 17.9. The van der Waals surface area contributed by atoms with Crippen molar-refractivity contribution in [3.8, 4) is 0 Å². The molecular weight excluding hydrogens is 292 g/mol. The molecule has 0 fully saturated rings. The summed E-state index contributed by atoms with van der Waals surface area (Å²) in [5.41, 5.74) is -0.998. The zero-order valence-electron chi connectivity index (χ0n) is 11.0. The molecule has 0 saturated heterocycles. The monoisotopic (exact) mass is 304 g/mol. The van der Waals surface area contributed by atoms with Crippen LogP contribution in [0.2, 0.25) is 0 Å². The maximum atomic E-state index is 13.8. The van der Waals surface area contributed by atoms with Crippen LogP contribution in [0.4, 0.5) is 23.2 Å². The van der Waals surface area contributed by atoms with Gasteiger partial charge in [-0.2, -0.15) is 0 Å². The predicted molar refractivity (Wildman–Crippen MR) is 72.3 cm³/mol. The minimum absolute atomic E-state index is 0.0298. The molecular formula is C13H12F4N2S. The lowest BCUT2D eigenvalue weighted by atomic mass is 10.0. The number of rotatable bonds is 1. The number of hydrogen-bond acceptors (Lipinski definition) is 1.